The van der Waals surface area contributed by atoms with E-state index in [2.05, 4.69) is 22.4 Å². The lowest BCUT2D eigenvalue weighted by atomic mass is 10.0. The summed E-state index contributed by atoms with van der Waals surface area (Å²) in [5.41, 5.74) is 5.48. The molecule has 0 fully saturated rings. The summed E-state index contributed by atoms with van der Waals surface area (Å²) < 4.78 is 13.3. The third-order valence-corrected chi connectivity index (χ3v) is 7.89. The standard InChI is InChI=1S/C33H38N4O5/c1-5-37-22(3)17-21(2)31(33(37)40)32(39)36-15-8-16-42-29-19-23(11-12-28(29)41-4)18-27-25(13-14-34-30(38)20-36)24-9-6-7-10-26(24)35-27/h6-7,9-12,17,19,35H,5,8,13-16,18,20H2,1-4H3,(H,34,38). The molecule has 220 valence electrons. The number of ether oxygens (including phenoxy) is 2. The second-order valence-electron chi connectivity index (χ2n) is 10.7. The van der Waals surface area contributed by atoms with Crippen molar-refractivity contribution in [3.63, 3.8) is 0 Å². The van der Waals surface area contributed by atoms with Crippen LogP contribution in [0.2, 0.25) is 0 Å². The number of rotatable bonds is 3. The fourth-order valence-electron chi connectivity index (χ4n) is 5.82. The van der Waals surface area contributed by atoms with Gasteiger partial charge in [0.25, 0.3) is 11.5 Å². The Morgan fingerprint density at radius 3 is 2.69 bits per heavy atom. The van der Waals surface area contributed by atoms with E-state index >= 15 is 0 Å². The van der Waals surface area contributed by atoms with Crippen molar-refractivity contribution in [1.82, 2.24) is 19.8 Å². The predicted molar refractivity (Wildman–Crippen MR) is 163 cm³/mol. The Morgan fingerprint density at radius 1 is 1.10 bits per heavy atom. The molecule has 2 N–H and O–H groups in total. The number of carbonyl (C=O) groups is 2. The minimum absolute atomic E-state index is 0.100. The smallest absolute Gasteiger partial charge is 0.263 e. The second-order valence-corrected chi connectivity index (χ2v) is 10.7. The molecule has 2 aromatic carbocycles. The first-order valence-electron chi connectivity index (χ1n) is 14.5. The lowest BCUT2D eigenvalue weighted by Crippen LogP contribution is -2.44. The van der Waals surface area contributed by atoms with Crippen LogP contribution in [0.25, 0.3) is 10.9 Å². The first-order valence-corrected chi connectivity index (χ1v) is 14.5. The number of amides is 2. The van der Waals surface area contributed by atoms with Gasteiger partial charge in [-0.3, -0.25) is 14.4 Å². The molecule has 2 bridgehead atoms. The third kappa shape index (κ3) is 5.91. The van der Waals surface area contributed by atoms with Crippen LogP contribution in [0.5, 0.6) is 11.5 Å². The van der Waals surface area contributed by atoms with E-state index in [1.807, 2.05) is 50.2 Å². The number of pyridine rings is 1. The number of fused-ring (bicyclic) bond motifs is 5. The van der Waals surface area contributed by atoms with Gasteiger partial charge in [-0.1, -0.05) is 24.3 Å². The van der Waals surface area contributed by atoms with Gasteiger partial charge in [0.05, 0.1) is 20.3 Å². The Morgan fingerprint density at radius 2 is 1.90 bits per heavy atom. The average Bonchev–Trinajstić information content (AvgIpc) is 3.31. The van der Waals surface area contributed by atoms with Crippen molar-refractivity contribution >= 4 is 22.7 Å². The van der Waals surface area contributed by atoms with Gasteiger partial charge in [0, 0.05) is 48.3 Å². The maximum Gasteiger partial charge on any atom is 0.263 e. The molecule has 9 heteroatoms. The summed E-state index contributed by atoms with van der Waals surface area (Å²) in [7, 11) is 1.61. The van der Waals surface area contributed by atoms with Crippen molar-refractivity contribution in [3.8, 4) is 11.5 Å². The third-order valence-electron chi connectivity index (χ3n) is 7.89. The van der Waals surface area contributed by atoms with Crippen LogP contribution in [0.1, 0.15) is 51.8 Å². The van der Waals surface area contributed by atoms with Crippen LogP contribution in [-0.4, -0.2) is 59.6 Å². The van der Waals surface area contributed by atoms with Crippen LogP contribution in [0.4, 0.5) is 0 Å². The molecule has 4 aromatic rings. The fourth-order valence-corrected chi connectivity index (χ4v) is 5.82. The van der Waals surface area contributed by atoms with Gasteiger partial charge in [0.1, 0.15) is 5.56 Å². The van der Waals surface area contributed by atoms with Crippen molar-refractivity contribution < 1.29 is 19.1 Å². The van der Waals surface area contributed by atoms with Crippen molar-refractivity contribution in [2.75, 3.05) is 33.4 Å². The number of methoxy groups -OCH3 is 1. The minimum atomic E-state index is -0.450. The van der Waals surface area contributed by atoms with E-state index in [1.54, 1.807) is 18.6 Å². The Labute approximate surface area is 245 Å². The minimum Gasteiger partial charge on any atom is -0.493 e. The predicted octanol–water partition coefficient (Wildman–Crippen LogP) is 4.15. The van der Waals surface area contributed by atoms with Gasteiger partial charge < -0.3 is 29.2 Å². The monoisotopic (exact) mass is 570 g/mol. The van der Waals surface area contributed by atoms with Crippen LogP contribution >= 0.6 is 0 Å². The van der Waals surface area contributed by atoms with Crippen LogP contribution in [-0.2, 0) is 24.2 Å². The van der Waals surface area contributed by atoms with E-state index in [0.717, 1.165) is 33.4 Å². The van der Waals surface area contributed by atoms with Crippen molar-refractivity contribution in [3.05, 3.63) is 92.5 Å². The van der Waals surface area contributed by atoms with Crippen molar-refractivity contribution in [2.45, 2.75) is 46.6 Å². The first kappa shape index (κ1) is 29.0. The van der Waals surface area contributed by atoms with E-state index in [1.165, 1.54) is 4.90 Å². The van der Waals surface area contributed by atoms with E-state index in [9.17, 15) is 14.4 Å². The number of aromatic nitrogens is 2. The molecule has 2 aromatic heterocycles. The average molecular weight is 571 g/mol. The number of nitrogens with one attached hydrogen (secondary N) is 2. The lowest BCUT2D eigenvalue weighted by Gasteiger charge is -2.24. The van der Waals surface area contributed by atoms with E-state index in [0.29, 0.717) is 56.0 Å². The van der Waals surface area contributed by atoms with Gasteiger partial charge in [-0.15, -0.1) is 0 Å². The van der Waals surface area contributed by atoms with E-state index in [4.69, 9.17) is 9.47 Å². The molecule has 5 rings (SSSR count). The first-order chi connectivity index (χ1) is 20.3. The maximum atomic E-state index is 13.8. The molecule has 0 aliphatic carbocycles. The second kappa shape index (κ2) is 12.5. The molecular formula is C33H38N4O5. The number of aromatic amines is 1. The summed E-state index contributed by atoms with van der Waals surface area (Å²) in [5.74, 6) is 0.523. The van der Waals surface area contributed by atoms with Gasteiger partial charge in [-0.2, -0.15) is 0 Å². The molecule has 0 saturated heterocycles. The summed E-state index contributed by atoms with van der Waals surface area (Å²) in [6.45, 7) is 6.75. The molecule has 0 radical (unpaired) electrons. The largest absolute Gasteiger partial charge is 0.493 e. The van der Waals surface area contributed by atoms with Crippen LogP contribution in [0.3, 0.4) is 0 Å². The number of hydrogen-bond donors (Lipinski definition) is 2. The van der Waals surface area contributed by atoms with Gasteiger partial charge in [0.15, 0.2) is 11.5 Å². The van der Waals surface area contributed by atoms with Gasteiger partial charge in [0.2, 0.25) is 5.91 Å². The Balaban J connectivity index is 1.48. The Kier molecular flexibility index (Phi) is 8.66. The highest BCUT2D eigenvalue weighted by atomic mass is 16.5. The molecule has 3 heterocycles. The normalized spacial score (nSPS) is 14.7. The van der Waals surface area contributed by atoms with E-state index in [-0.39, 0.29) is 30.1 Å². The molecule has 1 aliphatic heterocycles. The molecule has 1 aliphatic rings. The lowest BCUT2D eigenvalue weighted by molar-refractivity contribution is -0.121. The van der Waals surface area contributed by atoms with E-state index < -0.39 is 5.91 Å². The van der Waals surface area contributed by atoms with Crippen LogP contribution in [0.15, 0.2) is 53.3 Å². The zero-order valence-corrected chi connectivity index (χ0v) is 24.7. The summed E-state index contributed by atoms with van der Waals surface area (Å²) in [6, 6.07) is 15.9. The molecule has 2 amide bonds. The molecular weight excluding hydrogens is 532 g/mol. The highest BCUT2D eigenvalue weighted by Crippen LogP contribution is 2.31. The Hall–Kier alpha value is -4.53. The quantitative estimate of drug-likeness (QED) is 0.385. The molecule has 42 heavy (non-hydrogen) atoms. The summed E-state index contributed by atoms with van der Waals surface area (Å²) >= 11 is 0. The molecule has 0 atom stereocenters. The molecule has 0 unspecified atom stereocenters. The number of carbonyl (C=O) groups excluding carboxylic acids is 2. The van der Waals surface area contributed by atoms with Crippen LogP contribution in [0, 0.1) is 13.8 Å². The number of H-pyrrole nitrogens is 1. The van der Waals surface area contributed by atoms with Gasteiger partial charge >= 0.3 is 0 Å². The Bertz CT molecular complexity index is 1690. The summed E-state index contributed by atoms with van der Waals surface area (Å²) in [5, 5.41) is 4.12. The van der Waals surface area contributed by atoms with Gasteiger partial charge in [-0.25, -0.2) is 0 Å². The zero-order chi connectivity index (χ0) is 29.8. The molecule has 0 spiro atoms. The summed E-state index contributed by atoms with van der Waals surface area (Å²) in [6.07, 6.45) is 1.76. The molecule has 0 saturated carbocycles. The van der Waals surface area contributed by atoms with Gasteiger partial charge in [-0.05, 0) is 74.6 Å². The molecule has 9 nitrogen and oxygen atoms in total. The maximum absolute atomic E-state index is 13.8. The number of benzene rings is 2. The number of aryl methyl sites for hydroxylation is 2. The van der Waals surface area contributed by atoms with Crippen LogP contribution < -0.4 is 20.3 Å². The SMILES string of the molecule is CCn1c(C)cc(C)c(C(=O)N2CCCOc3cc(ccc3OC)Cc3[nH]c4ccccc4c3CCNC(=O)C2)c1=O. The highest BCUT2D eigenvalue weighted by Gasteiger charge is 2.25. The topological polar surface area (TPSA) is 106 Å². The number of para-hydroxylation sites is 1. The van der Waals surface area contributed by atoms with Crippen molar-refractivity contribution in [1.29, 1.82) is 0 Å². The number of hydrogen-bond acceptors (Lipinski definition) is 5. The van der Waals surface area contributed by atoms with Crippen molar-refractivity contribution in [2.24, 2.45) is 0 Å². The summed E-state index contributed by atoms with van der Waals surface area (Å²) in [4.78, 5) is 45.2. The fraction of sp³-hybridized carbons (Fsp3) is 0.364. The number of nitrogens with zero attached hydrogens (tertiary/aromatic N) is 2. The highest BCUT2D eigenvalue weighted by molar-refractivity contribution is 5.97. The zero-order valence-electron chi connectivity index (χ0n) is 24.7.